The van der Waals surface area contributed by atoms with Crippen LogP contribution in [0.25, 0.3) is 11.0 Å². The van der Waals surface area contributed by atoms with Gasteiger partial charge in [0.25, 0.3) is 11.5 Å². The third-order valence-electron chi connectivity index (χ3n) is 5.64. The summed E-state index contributed by atoms with van der Waals surface area (Å²) in [6.07, 6.45) is 7.28. The minimum Gasteiger partial charge on any atom is -0.304 e. The number of aromatic nitrogens is 5. The first-order valence-corrected chi connectivity index (χ1v) is 9.86. The summed E-state index contributed by atoms with van der Waals surface area (Å²) in [5.74, 6) is 0.648. The molecule has 1 saturated carbocycles. The predicted octanol–water partition coefficient (Wildman–Crippen LogP) is 1.73. The molecule has 0 atom stereocenters. The van der Waals surface area contributed by atoms with Crippen molar-refractivity contribution in [1.29, 1.82) is 0 Å². The molecule has 0 aliphatic heterocycles. The lowest BCUT2D eigenvalue weighted by atomic mass is 9.86. The van der Waals surface area contributed by atoms with Crippen LogP contribution in [-0.2, 0) is 20.5 Å². The van der Waals surface area contributed by atoms with E-state index in [0.29, 0.717) is 11.7 Å². The molecular weight excluding hydrogens is 372 g/mol. The molecular formula is C20H24N6O3. The van der Waals surface area contributed by atoms with Gasteiger partial charge in [-0.25, -0.2) is 9.78 Å². The lowest BCUT2D eigenvalue weighted by molar-refractivity contribution is 0.102. The third-order valence-corrected chi connectivity index (χ3v) is 5.64. The standard InChI is InChI=1S/C20H24N6O3/c1-25-17-14(19(28)26(2)20(25)29)8-9-15(21-17)18(27)22-16-11-13(23-24-16)10-12-6-4-3-5-7-12/h8-9,11-12H,3-7,10H2,1-2H3,(H2,22,23,24,27). The number of hydrogen-bond acceptors (Lipinski definition) is 5. The van der Waals surface area contributed by atoms with Crippen molar-refractivity contribution in [2.45, 2.75) is 38.5 Å². The first kappa shape index (κ1) is 19.1. The predicted molar refractivity (Wildman–Crippen MR) is 109 cm³/mol. The van der Waals surface area contributed by atoms with Gasteiger partial charge in [0.15, 0.2) is 5.82 Å². The Morgan fingerprint density at radius 2 is 1.93 bits per heavy atom. The Labute approximate surface area is 166 Å². The number of amides is 1. The van der Waals surface area contributed by atoms with Gasteiger partial charge in [-0.2, -0.15) is 5.10 Å². The lowest BCUT2D eigenvalue weighted by Crippen LogP contribution is -2.37. The number of carbonyl (C=O) groups excluding carboxylic acids is 1. The van der Waals surface area contributed by atoms with Crippen LogP contribution >= 0.6 is 0 Å². The van der Waals surface area contributed by atoms with Crippen LogP contribution in [0.15, 0.2) is 27.8 Å². The Balaban J connectivity index is 1.53. The molecule has 9 nitrogen and oxygen atoms in total. The van der Waals surface area contributed by atoms with Gasteiger partial charge in [-0.3, -0.25) is 23.8 Å². The Hall–Kier alpha value is -3.23. The van der Waals surface area contributed by atoms with Crippen LogP contribution in [0.3, 0.4) is 0 Å². The maximum Gasteiger partial charge on any atom is 0.332 e. The highest BCUT2D eigenvalue weighted by Gasteiger charge is 2.17. The Morgan fingerprint density at radius 1 is 1.17 bits per heavy atom. The normalized spacial score (nSPS) is 15.0. The summed E-state index contributed by atoms with van der Waals surface area (Å²) in [6, 6.07) is 4.83. The fraction of sp³-hybridized carbons (Fsp3) is 0.450. The van der Waals surface area contributed by atoms with E-state index in [1.165, 1.54) is 62.9 Å². The molecule has 0 saturated heterocycles. The average Bonchev–Trinajstić information content (AvgIpc) is 3.17. The van der Waals surface area contributed by atoms with Crippen LogP contribution in [0.2, 0.25) is 0 Å². The van der Waals surface area contributed by atoms with Crippen molar-refractivity contribution in [1.82, 2.24) is 24.3 Å². The number of aryl methyl sites for hydroxylation is 1. The van der Waals surface area contributed by atoms with E-state index in [9.17, 15) is 14.4 Å². The highest BCUT2D eigenvalue weighted by Crippen LogP contribution is 2.26. The first-order valence-electron chi connectivity index (χ1n) is 9.86. The van der Waals surface area contributed by atoms with Gasteiger partial charge in [0.05, 0.1) is 5.39 Å². The summed E-state index contributed by atoms with van der Waals surface area (Å²) < 4.78 is 2.27. The Bertz CT molecular complexity index is 1180. The molecule has 1 aliphatic rings. The van der Waals surface area contributed by atoms with Gasteiger partial charge in [-0.1, -0.05) is 32.1 Å². The summed E-state index contributed by atoms with van der Waals surface area (Å²) in [7, 11) is 2.93. The molecule has 2 N–H and O–H groups in total. The maximum atomic E-state index is 12.6. The molecule has 0 spiro atoms. The highest BCUT2D eigenvalue weighted by molar-refractivity contribution is 6.03. The second-order valence-electron chi connectivity index (χ2n) is 7.71. The lowest BCUT2D eigenvalue weighted by Gasteiger charge is -2.20. The zero-order chi connectivity index (χ0) is 20.5. The number of nitrogens with one attached hydrogen (secondary N) is 2. The van der Waals surface area contributed by atoms with E-state index in [1.807, 2.05) is 6.07 Å². The van der Waals surface area contributed by atoms with E-state index in [2.05, 4.69) is 20.5 Å². The van der Waals surface area contributed by atoms with Gasteiger partial charge in [0.2, 0.25) is 0 Å². The molecule has 1 amide bonds. The minimum absolute atomic E-state index is 0.109. The van der Waals surface area contributed by atoms with Crippen LogP contribution in [0.5, 0.6) is 0 Å². The maximum absolute atomic E-state index is 12.6. The molecule has 9 heteroatoms. The molecule has 4 rings (SSSR count). The number of hydrogen-bond donors (Lipinski definition) is 2. The van der Waals surface area contributed by atoms with Crippen molar-refractivity contribution in [3.05, 3.63) is 50.4 Å². The number of fused-ring (bicyclic) bond motifs is 1. The highest BCUT2D eigenvalue weighted by atomic mass is 16.2. The van der Waals surface area contributed by atoms with Crippen molar-refractivity contribution >= 4 is 22.8 Å². The topological polar surface area (TPSA) is 115 Å². The van der Waals surface area contributed by atoms with E-state index in [4.69, 9.17) is 0 Å². The minimum atomic E-state index is -0.493. The van der Waals surface area contributed by atoms with E-state index in [1.54, 1.807) is 0 Å². The van der Waals surface area contributed by atoms with Crippen molar-refractivity contribution < 1.29 is 4.79 Å². The van der Waals surface area contributed by atoms with Crippen LogP contribution in [0, 0.1) is 5.92 Å². The second kappa shape index (κ2) is 7.65. The SMILES string of the molecule is Cn1c(=O)c2ccc(C(=O)Nc3cc(CC4CCCCC4)[nH]n3)nc2n(C)c1=O. The Morgan fingerprint density at radius 3 is 2.69 bits per heavy atom. The van der Waals surface area contributed by atoms with Crippen molar-refractivity contribution in [3.8, 4) is 0 Å². The van der Waals surface area contributed by atoms with E-state index in [0.717, 1.165) is 16.7 Å². The van der Waals surface area contributed by atoms with Gasteiger partial charge in [0.1, 0.15) is 11.3 Å². The van der Waals surface area contributed by atoms with Crippen molar-refractivity contribution in [2.75, 3.05) is 5.32 Å². The number of aromatic amines is 1. The van der Waals surface area contributed by atoms with Crippen LogP contribution in [-0.4, -0.2) is 30.2 Å². The van der Waals surface area contributed by atoms with Gasteiger partial charge in [0, 0.05) is 25.9 Å². The summed E-state index contributed by atoms with van der Waals surface area (Å²) in [4.78, 5) is 41.2. The molecule has 3 aromatic heterocycles. The van der Waals surface area contributed by atoms with E-state index >= 15 is 0 Å². The molecule has 1 fully saturated rings. The number of anilines is 1. The Kier molecular flexibility index (Phi) is 5.04. The summed E-state index contributed by atoms with van der Waals surface area (Å²) >= 11 is 0. The molecule has 0 radical (unpaired) electrons. The molecule has 1 aliphatic carbocycles. The zero-order valence-corrected chi connectivity index (χ0v) is 16.6. The van der Waals surface area contributed by atoms with Crippen LogP contribution in [0.1, 0.15) is 48.3 Å². The first-order chi connectivity index (χ1) is 13.9. The monoisotopic (exact) mass is 396 g/mol. The molecule has 0 unspecified atom stereocenters. The van der Waals surface area contributed by atoms with Crippen LogP contribution in [0.4, 0.5) is 5.82 Å². The van der Waals surface area contributed by atoms with Crippen LogP contribution < -0.4 is 16.6 Å². The van der Waals surface area contributed by atoms with E-state index < -0.39 is 17.2 Å². The van der Waals surface area contributed by atoms with Gasteiger partial charge >= 0.3 is 5.69 Å². The van der Waals surface area contributed by atoms with E-state index in [-0.39, 0.29) is 16.7 Å². The molecule has 0 aromatic carbocycles. The largest absolute Gasteiger partial charge is 0.332 e. The van der Waals surface area contributed by atoms with Gasteiger partial charge in [-0.15, -0.1) is 0 Å². The number of H-pyrrole nitrogens is 1. The molecule has 0 bridgehead atoms. The summed E-state index contributed by atoms with van der Waals surface area (Å²) in [5.41, 5.74) is 0.349. The molecule has 152 valence electrons. The van der Waals surface area contributed by atoms with Gasteiger partial charge < -0.3 is 5.32 Å². The zero-order valence-electron chi connectivity index (χ0n) is 16.6. The van der Waals surface area contributed by atoms with Crippen molar-refractivity contribution in [2.24, 2.45) is 20.0 Å². The van der Waals surface area contributed by atoms with Gasteiger partial charge in [-0.05, 0) is 24.5 Å². The number of pyridine rings is 1. The summed E-state index contributed by atoms with van der Waals surface area (Å²) in [5, 5.41) is 10.2. The second-order valence-corrected chi connectivity index (χ2v) is 7.71. The fourth-order valence-corrected chi connectivity index (χ4v) is 3.99. The fourth-order valence-electron chi connectivity index (χ4n) is 3.99. The third kappa shape index (κ3) is 3.72. The molecule has 3 aromatic rings. The number of nitrogens with zero attached hydrogens (tertiary/aromatic N) is 4. The van der Waals surface area contributed by atoms with Crippen molar-refractivity contribution in [3.63, 3.8) is 0 Å². The molecule has 29 heavy (non-hydrogen) atoms. The average molecular weight is 396 g/mol. The summed E-state index contributed by atoms with van der Waals surface area (Å²) in [6.45, 7) is 0. The number of carbonyl (C=O) groups is 1. The smallest absolute Gasteiger partial charge is 0.304 e. The quantitative estimate of drug-likeness (QED) is 0.697. The number of rotatable bonds is 4. The molecule has 3 heterocycles.